The number of anilines is 1. The van der Waals surface area contributed by atoms with Gasteiger partial charge in [-0.3, -0.25) is 0 Å². The van der Waals surface area contributed by atoms with Crippen molar-refractivity contribution in [2.24, 2.45) is 5.73 Å². The lowest BCUT2D eigenvalue weighted by atomic mass is 10.0. The minimum atomic E-state index is -0.0475. The van der Waals surface area contributed by atoms with Crippen LogP contribution in [0.25, 0.3) is 0 Å². The van der Waals surface area contributed by atoms with Crippen molar-refractivity contribution in [3.8, 4) is 0 Å². The third-order valence-corrected chi connectivity index (χ3v) is 3.97. The van der Waals surface area contributed by atoms with E-state index in [0.29, 0.717) is 12.6 Å². The number of piperidine rings is 1. The van der Waals surface area contributed by atoms with Gasteiger partial charge in [-0.15, -0.1) is 0 Å². The summed E-state index contributed by atoms with van der Waals surface area (Å²) in [5.74, 6) is 0. The summed E-state index contributed by atoms with van der Waals surface area (Å²) in [5.41, 5.74) is 7.43. The van der Waals surface area contributed by atoms with Gasteiger partial charge in [0.05, 0.1) is 0 Å². The molecule has 0 bridgehead atoms. The average molecular weight is 276 g/mol. The van der Waals surface area contributed by atoms with Crippen LogP contribution in [0.15, 0.2) is 24.3 Å². The fraction of sp³-hybridized carbons (Fsp3) is 0.533. The molecular weight excluding hydrogens is 252 g/mol. The minimum absolute atomic E-state index is 0.0475. The molecule has 1 aromatic rings. The lowest BCUT2D eigenvalue weighted by molar-refractivity contribution is 0.156. The van der Waals surface area contributed by atoms with Crippen LogP contribution in [0.1, 0.15) is 18.4 Å². The molecule has 1 fully saturated rings. The molecule has 0 aromatic heterocycles. The summed E-state index contributed by atoms with van der Waals surface area (Å²) in [7, 11) is 3.99. The van der Waals surface area contributed by atoms with E-state index >= 15 is 0 Å². The molecule has 0 unspecified atom stereocenters. The molecule has 1 saturated heterocycles. The van der Waals surface area contributed by atoms with Crippen LogP contribution in [0.2, 0.25) is 0 Å². The van der Waals surface area contributed by atoms with Crippen LogP contribution in [0.3, 0.4) is 0 Å². The van der Waals surface area contributed by atoms with Gasteiger partial charge >= 0.3 is 6.03 Å². The number of nitrogens with zero attached hydrogens (tertiary/aromatic N) is 2. The van der Waals surface area contributed by atoms with E-state index in [1.54, 1.807) is 0 Å². The Labute approximate surface area is 120 Å². The first-order valence-electron chi connectivity index (χ1n) is 7.11. The van der Waals surface area contributed by atoms with E-state index in [9.17, 15) is 4.79 Å². The first kappa shape index (κ1) is 14.8. The van der Waals surface area contributed by atoms with Gasteiger partial charge < -0.3 is 20.9 Å². The maximum atomic E-state index is 12.3. The number of nitrogens with one attached hydrogen (secondary N) is 1. The zero-order valence-electron chi connectivity index (χ0n) is 12.3. The Morgan fingerprint density at radius 3 is 2.80 bits per heavy atom. The number of hydrogen-bond donors (Lipinski definition) is 2. The molecule has 0 saturated carbocycles. The Morgan fingerprint density at radius 1 is 1.45 bits per heavy atom. The molecule has 1 aliphatic rings. The normalized spacial score (nSPS) is 16.9. The number of carbonyl (C=O) groups excluding carboxylic acids is 1. The number of urea groups is 1. The second kappa shape index (κ2) is 6.72. The average Bonchev–Trinajstić information content (AvgIpc) is 2.47. The Kier molecular flexibility index (Phi) is 4.98. The molecule has 20 heavy (non-hydrogen) atoms. The SMILES string of the molecule is CN1CCC(N(C)C(=O)Nc2cccc(CN)c2)CC1. The largest absolute Gasteiger partial charge is 0.326 e. The van der Waals surface area contributed by atoms with Gasteiger partial charge in [0.1, 0.15) is 0 Å². The number of amides is 2. The molecule has 1 aromatic carbocycles. The number of hydrogen-bond acceptors (Lipinski definition) is 3. The van der Waals surface area contributed by atoms with Crippen molar-refractivity contribution in [2.75, 3.05) is 32.5 Å². The maximum absolute atomic E-state index is 12.3. The molecule has 0 aliphatic carbocycles. The maximum Gasteiger partial charge on any atom is 0.321 e. The highest BCUT2D eigenvalue weighted by molar-refractivity contribution is 5.89. The number of carbonyl (C=O) groups is 1. The van der Waals surface area contributed by atoms with Gasteiger partial charge in [-0.05, 0) is 50.7 Å². The van der Waals surface area contributed by atoms with Crippen molar-refractivity contribution in [1.82, 2.24) is 9.80 Å². The summed E-state index contributed by atoms with van der Waals surface area (Å²) in [6.07, 6.45) is 2.06. The smallest absolute Gasteiger partial charge is 0.321 e. The fourth-order valence-corrected chi connectivity index (χ4v) is 2.54. The highest BCUT2D eigenvalue weighted by Gasteiger charge is 2.23. The number of rotatable bonds is 3. The Balaban J connectivity index is 1.93. The molecule has 3 N–H and O–H groups in total. The highest BCUT2D eigenvalue weighted by Crippen LogP contribution is 2.16. The summed E-state index contributed by atoms with van der Waals surface area (Å²) in [4.78, 5) is 16.4. The second-order valence-electron chi connectivity index (χ2n) is 5.48. The first-order chi connectivity index (χ1) is 9.60. The van der Waals surface area contributed by atoms with Gasteiger partial charge in [-0.1, -0.05) is 12.1 Å². The van der Waals surface area contributed by atoms with E-state index in [-0.39, 0.29) is 6.03 Å². The van der Waals surface area contributed by atoms with Crippen LogP contribution in [-0.4, -0.2) is 49.1 Å². The van der Waals surface area contributed by atoms with Crippen LogP contribution in [-0.2, 0) is 6.54 Å². The zero-order chi connectivity index (χ0) is 14.5. The van der Waals surface area contributed by atoms with E-state index in [0.717, 1.165) is 37.2 Å². The van der Waals surface area contributed by atoms with Gasteiger partial charge in [-0.2, -0.15) is 0 Å². The van der Waals surface area contributed by atoms with E-state index in [1.807, 2.05) is 36.2 Å². The molecule has 2 amide bonds. The third kappa shape index (κ3) is 3.71. The molecule has 0 radical (unpaired) electrons. The van der Waals surface area contributed by atoms with Crippen molar-refractivity contribution in [1.29, 1.82) is 0 Å². The van der Waals surface area contributed by atoms with Crippen LogP contribution in [0.5, 0.6) is 0 Å². The fourth-order valence-electron chi connectivity index (χ4n) is 2.54. The van der Waals surface area contributed by atoms with Crippen molar-refractivity contribution in [3.05, 3.63) is 29.8 Å². The topological polar surface area (TPSA) is 61.6 Å². The van der Waals surface area contributed by atoms with Gasteiger partial charge in [0.15, 0.2) is 0 Å². The lowest BCUT2D eigenvalue weighted by Crippen LogP contribution is -2.46. The Hall–Kier alpha value is -1.59. The van der Waals surface area contributed by atoms with Crippen molar-refractivity contribution in [3.63, 3.8) is 0 Å². The molecule has 0 atom stereocenters. The van der Waals surface area contributed by atoms with Gasteiger partial charge in [0.25, 0.3) is 0 Å². The summed E-state index contributed by atoms with van der Waals surface area (Å²) in [6, 6.07) is 7.95. The van der Waals surface area contributed by atoms with Gasteiger partial charge in [0, 0.05) is 25.3 Å². The molecular formula is C15H24N4O. The lowest BCUT2D eigenvalue weighted by Gasteiger charge is -2.35. The predicted molar refractivity (Wildman–Crippen MR) is 81.6 cm³/mol. The standard InChI is InChI=1S/C15H24N4O/c1-18-8-6-14(7-9-18)19(2)15(20)17-13-5-3-4-12(10-13)11-16/h3-5,10,14H,6-9,11,16H2,1-2H3,(H,17,20). The summed E-state index contributed by atoms with van der Waals surface area (Å²) in [5, 5.41) is 2.94. The summed E-state index contributed by atoms with van der Waals surface area (Å²) < 4.78 is 0. The van der Waals surface area contributed by atoms with Gasteiger partial charge in [-0.25, -0.2) is 4.79 Å². The predicted octanol–water partition coefficient (Wildman–Crippen LogP) is 1.70. The van der Waals surface area contributed by atoms with E-state index < -0.39 is 0 Å². The Bertz CT molecular complexity index is 455. The molecule has 5 nitrogen and oxygen atoms in total. The third-order valence-electron chi connectivity index (χ3n) is 3.97. The molecule has 5 heteroatoms. The van der Waals surface area contributed by atoms with Crippen LogP contribution in [0, 0.1) is 0 Å². The summed E-state index contributed by atoms with van der Waals surface area (Å²) >= 11 is 0. The van der Waals surface area contributed by atoms with Crippen LogP contribution in [0.4, 0.5) is 10.5 Å². The Morgan fingerprint density at radius 2 is 2.15 bits per heavy atom. The molecule has 2 rings (SSSR count). The minimum Gasteiger partial charge on any atom is -0.326 e. The molecule has 1 heterocycles. The van der Waals surface area contributed by atoms with E-state index in [1.165, 1.54) is 0 Å². The van der Waals surface area contributed by atoms with Crippen molar-refractivity contribution >= 4 is 11.7 Å². The van der Waals surface area contributed by atoms with Crippen molar-refractivity contribution in [2.45, 2.75) is 25.4 Å². The number of benzene rings is 1. The first-order valence-corrected chi connectivity index (χ1v) is 7.11. The molecule has 1 aliphatic heterocycles. The van der Waals surface area contributed by atoms with Gasteiger partial charge in [0.2, 0.25) is 0 Å². The molecule has 110 valence electrons. The van der Waals surface area contributed by atoms with Crippen LogP contribution < -0.4 is 11.1 Å². The van der Waals surface area contributed by atoms with E-state index in [4.69, 9.17) is 5.73 Å². The second-order valence-corrected chi connectivity index (χ2v) is 5.48. The highest BCUT2D eigenvalue weighted by atomic mass is 16.2. The number of likely N-dealkylation sites (tertiary alicyclic amines) is 1. The summed E-state index contributed by atoms with van der Waals surface area (Å²) in [6.45, 7) is 2.57. The zero-order valence-corrected chi connectivity index (χ0v) is 12.3. The van der Waals surface area contributed by atoms with Crippen LogP contribution >= 0.6 is 0 Å². The quantitative estimate of drug-likeness (QED) is 0.883. The number of nitrogens with two attached hydrogens (primary N) is 1. The monoisotopic (exact) mass is 276 g/mol. The van der Waals surface area contributed by atoms with E-state index in [2.05, 4.69) is 17.3 Å². The molecule has 0 spiro atoms. The van der Waals surface area contributed by atoms with Crippen molar-refractivity contribution < 1.29 is 4.79 Å².